The first-order valence-electron chi connectivity index (χ1n) is 13.1. The van der Waals surface area contributed by atoms with E-state index in [9.17, 15) is 0 Å². The number of hydrogen-bond donors (Lipinski definition) is 1. The molecule has 5 rings (SSSR count). The first kappa shape index (κ1) is 21.5. The van der Waals surface area contributed by atoms with Crippen molar-refractivity contribution < 1.29 is 9.47 Å². The molecule has 0 radical (unpaired) electrons. The van der Waals surface area contributed by atoms with Gasteiger partial charge >= 0.3 is 0 Å². The molecule has 5 aliphatic rings. The standard InChI is InChI=1S/C27H45NO2/c1-17-12-26-25(28-15-17)7-5-6-21-22-9-8-19-13-20(29-4)10-11-27(19,3)24(22)14-23(21)18(2)16-30-26/h17,19-22,24-26,28H,5-16H2,1-4H3/b23-18-/t17-,19+,20+,21-,22-,24-,25-,26+,27-/m0/s1. The summed E-state index contributed by atoms with van der Waals surface area (Å²) in [6.07, 6.45) is 14.4. The minimum atomic E-state index is 0.413. The van der Waals surface area contributed by atoms with Crippen LogP contribution < -0.4 is 5.32 Å². The molecule has 0 bridgehead atoms. The largest absolute Gasteiger partial charge is 0.381 e. The predicted octanol–water partition coefficient (Wildman–Crippen LogP) is 5.74. The summed E-state index contributed by atoms with van der Waals surface area (Å²) >= 11 is 0. The van der Waals surface area contributed by atoms with Crippen molar-refractivity contribution in [1.29, 1.82) is 0 Å². The van der Waals surface area contributed by atoms with Crippen LogP contribution in [0.5, 0.6) is 0 Å². The second kappa shape index (κ2) is 8.52. The quantitative estimate of drug-likeness (QED) is 0.554. The van der Waals surface area contributed by atoms with Crippen LogP contribution in [0.15, 0.2) is 11.1 Å². The lowest BCUT2D eigenvalue weighted by atomic mass is 9.52. The van der Waals surface area contributed by atoms with Crippen molar-refractivity contribution in [3.8, 4) is 0 Å². The number of nitrogens with one attached hydrogen (secondary N) is 1. The van der Waals surface area contributed by atoms with Gasteiger partial charge < -0.3 is 14.8 Å². The van der Waals surface area contributed by atoms with Gasteiger partial charge in [0.2, 0.25) is 0 Å². The fourth-order valence-corrected chi connectivity index (χ4v) is 8.49. The lowest BCUT2D eigenvalue weighted by Gasteiger charge is -2.54. The highest BCUT2D eigenvalue weighted by Crippen LogP contribution is 2.63. The van der Waals surface area contributed by atoms with Crippen molar-refractivity contribution in [2.45, 2.75) is 103 Å². The Morgan fingerprint density at radius 3 is 2.80 bits per heavy atom. The molecule has 3 saturated carbocycles. The summed E-state index contributed by atoms with van der Waals surface area (Å²) in [6.45, 7) is 9.46. The van der Waals surface area contributed by atoms with Gasteiger partial charge in [-0.2, -0.15) is 0 Å². The molecule has 0 aromatic carbocycles. The first-order valence-corrected chi connectivity index (χ1v) is 13.1. The van der Waals surface area contributed by atoms with Crippen molar-refractivity contribution in [1.82, 2.24) is 5.32 Å². The van der Waals surface area contributed by atoms with Gasteiger partial charge in [0.15, 0.2) is 0 Å². The van der Waals surface area contributed by atoms with Gasteiger partial charge in [-0.15, -0.1) is 0 Å². The van der Waals surface area contributed by atoms with Crippen LogP contribution in [0, 0.1) is 35.0 Å². The Morgan fingerprint density at radius 2 is 1.97 bits per heavy atom. The van der Waals surface area contributed by atoms with E-state index in [0.29, 0.717) is 23.7 Å². The Balaban J connectivity index is 1.37. The van der Waals surface area contributed by atoms with Crippen LogP contribution in [-0.2, 0) is 9.47 Å². The molecule has 30 heavy (non-hydrogen) atoms. The lowest BCUT2D eigenvalue weighted by molar-refractivity contribution is -0.0773. The number of piperidine rings is 1. The molecule has 0 unspecified atom stereocenters. The summed E-state index contributed by atoms with van der Waals surface area (Å²) in [5.74, 6) is 4.26. The number of hydrogen-bond acceptors (Lipinski definition) is 3. The van der Waals surface area contributed by atoms with E-state index in [4.69, 9.17) is 9.47 Å². The highest BCUT2D eigenvalue weighted by molar-refractivity contribution is 5.25. The molecule has 1 N–H and O–H groups in total. The summed E-state index contributed by atoms with van der Waals surface area (Å²) in [4.78, 5) is 0. The van der Waals surface area contributed by atoms with E-state index in [0.717, 1.165) is 36.2 Å². The molecule has 0 aromatic heterocycles. The SMILES string of the molecule is CO[C@@H]1CC[C@@]2(C)[C@H](CC[C@H]3[C@@H]4CCC[C@@H]5NC[C@@H](C)C[C@H]5OC/C(C)=C\4C[C@@H]32)C1. The van der Waals surface area contributed by atoms with E-state index in [-0.39, 0.29) is 0 Å². The van der Waals surface area contributed by atoms with Crippen LogP contribution in [0.3, 0.4) is 0 Å². The van der Waals surface area contributed by atoms with Gasteiger partial charge in [0.05, 0.1) is 18.8 Å². The van der Waals surface area contributed by atoms with Crippen molar-refractivity contribution in [3.05, 3.63) is 11.1 Å². The molecule has 9 atom stereocenters. The smallest absolute Gasteiger partial charge is 0.0735 e. The number of rotatable bonds is 1. The van der Waals surface area contributed by atoms with Gasteiger partial charge in [-0.05, 0) is 112 Å². The Bertz CT molecular complexity index is 659. The van der Waals surface area contributed by atoms with Crippen LogP contribution in [0.1, 0.15) is 85.0 Å². The van der Waals surface area contributed by atoms with Gasteiger partial charge in [0, 0.05) is 13.2 Å². The van der Waals surface area contributed by atoms with Crippen LogP contribution in [0.4, 0.5) is 0 Å². The molecule has 3 aliphatic carbocycles. The van der Waals surface area contributed by atoms with E-state index in [1.54, 1.807) is 5.57 Å². The summed E-state index contributed by atoms with van der Waals surface area (Å²) in [6, 6.07) is 0.574. The maximum atomic E-state index is 6.59. The molecule has 2 aliphatic heterocycles. The zero-order chi connectivity index (χ0) is 20.9. The molecule has 170 valence electrons. The first-order chi connectivity index (χ1) is 14.5. The molecule has 3 heteroatoms. The average molecular weight is 416 g/mol. The van der Waals surface area contributed by atoms with E-state index in [2.05, 4.69) is 26.1 Å². The second-order valence-corrected chi connectivity index (χ2v) is 11.9. The zero-order valence-electron chi connectivity index (χ0n) is 19.9. The van der Waals surface area contributed by atoms with Crippen molar-refractivity contribution >= 4 is 0 Å². The Labute approximate surface area is 184 Å². The van der Waals surface area contributed by atoms with Crippen LogP contribution in [0.25, 0.3) is 0 Å². The van der Waals surface area contributed by atoms with Crippen molar-refractivity contribution in [3.63, 3.8) is 0 Å². The molecule has 0 aromatic rings. The van der Waals surface area contributed by atoms with Crippen LogP contribution in [0.2, 0.25) is 0 Å². The molecule has 0 spiro atoms. The maximum Gasteiger partial charge on any atom is 0.0735 e. The van der Waals surface area contributed by atoms with Crippen LogP contribution >= 0.6 is 0 Å². The topological polar surface area (TPSA) is 30.5 Å². The Morgan fingerprint density at radius 1 is 1.10 bits per heavy atom. The molecule has 0 amide bonds. The molecule has 3 nitrogen and oxygen atoms in total. The van der Waals surface area contributed by atoms with E-state index < -0.39 is 0 Å². The Hall–Kier alpha value is -0.380. The predicted molar refractivity (Wildman–Crippen MR) is 122 cm³/mol. The molecule has 4 fully saturated rings. The molecular weight excluding hydrogens is 370 g/mol. The summed E-state index contributed by atoms with van der Waals surface area (Å²) in [5, 5.41) is 3.82. The van der Waals surface area contributed by atoms with Gasteiger partial charge in [-0.25, -0.2) is 0 Å². The fraction of sp³-hybridized carbons (Fsp3) is 0.926. The third-order valence-electron chi connectivity index (χ3n) is 10.3. The van der Waals surface area contributed by atoms with E-state index in [1.165, 1.54) is 70.8 Å². The van der Waals surface area contributed by atoms with Crippen molar-refractivity contribution in [2.75, 3.05) is 20.3 Å². The van der Waals surface area contributed by atoms with E-state index in [1.807, 2.05) is 12.7 Å². The van der Waals surface area contributed by atoms with Gasteiger partial charge in [0.25, 0.3) is 0 Å². The minimum Gasteiger partial charge on any atom is -0.381 e. The summed E-state index contributed by atoms with van der Waals surface area (Å²) in [7, 11) is 1.92. The number of ether oxygens (including phenoxy) is 2. The molecular formula is C27H45NO2. The number of methoxy groups -OCH3 is 1. The van der Waals surface area contributed by atoms with E-state index >= 15 is 0 Å². The normalized spacial score (nSPS) is 52.0. The van der Waals surface area contributed by atoms with Gasteiger partial charge in [-0.1, -0.05) is 25.8 Å². The number of fused-ring (bicyclic) bond motifs is 6. The Kier molecular flexibility index (Phi) is 6.10. The average Bonchev–Trinajstić information content (AvgIpc) is 3.12. The van der Waals surface area contributed by atoms with Gasteiger partial charge in [-0.3, -0.25) is 0 Å². The third kappa shape index (κ3) is 3.71. The third-order valence-corrected chi connectivity index (χ3v) is 10.3. The zero-order valence-corrected chi connectivity index (χ0v) is 19.9. The summed E-state index contributed by atoms with van der Waals surface area (Å²) < 4.78 is 12.4. The molecule has 1 saturated heterocycles. The number of allylic oxidation sites excluding steroid dienone is 1. The maximum absolute atomic E-state index is 6.59. The highest BCUT2D eigenvalue weighted by atomic mass is 16.5. The second-order valence-electron chi connectivity index (χ2n) is 11.9. The highest BCUT2D eigenvalue weighted by Gasteiger charge is 2.55. The van der Waals surface area contributed by atoms with Crippen LogP contribution in [-0.4, -0.2) is 38.5 Å². The van der Waals surface area contributed by atoms with Gasteiger partial charge in [0.1, 0.15) is 0 Å². The lowest BCUT2D eigenvalue weighted by Crippen LogP contribution is -2.49. The minimum absolute atomic E-state index is 0.413. The molecule has 2 heterocycles. The fourth-order valence-electron chi connectivity index (χ4n) is 8.49. The summed E-state index contributed by atoms with van der Waals surface area (Å²) in [5.41, 5.74) is 3.93. The monoisotopic (exact) mass is 415 g/mol. The van der Waals surface area contributed by atoms with Crippen molar-refractivity contribution in [2.24, 2.45) is 35.0 Å².